The Kier molecular flexibility index (Phi) is 4.80. The number of hydrogen-bond donors (Lipinski definition) is 2. The van der Waals surface area contributed by atoms with Gasteiger partial charge in [0.25, 0.3) is 0 Å². The van der Waals surface area contributed by atoms with E-state index in [9.17, 15) is 9.90 Å². The molecule has 104 valence electrons. The second kappa shape index (κ2) is 6.57. The third-order valence-electron chi connectivity index (χ3n) is 3.75. The van der Waals surface area contributed by atoms with E-state index in [0.29, 0.717) is 11.5 Å². The van der Waals surface area contributed by atoms with Gasteiger partial charge in [-0.15, -0.1) is 0 Å². The molecule has 0 spiro atoms. The van der Waals surface area contributed by atoms with Crippen LogP contribution >= 0.6 is 0 Å². The lowest BCUT2D eigenvalue weighted by molar-refractivity contribution is -0.129. The Balaban J connectivity index is 1.87. The Hall–Kier alpha value is -1.55. The number of piperidine rings is 1. The fraction of sp³-hybridized carbons (Fsp3) is 0.533. The molecule has 1 aromatic carbocycles. The fourth-order valence-corrected chi connectivity index (χ4v) is 2.51. The Labute approximate surface area is 114 Å². The first-order valence-corrected chi connectivity index (χ1v) is 6.88. The van der Waals surface area contributed by atoms with Crippen LogP contribution in [0.1, 0.15) is 18.4 Å². The molecule has 4 nitrogen and oxygen atoms in total. The summed E-state index contributed by atoms with van der Waals surface area (Å²) in [5, 5.41) is 13.0. The van der Waals surface area contributed by atoms with E-state index < -0.39 is 0 Å². The van der Waals surface area contributed by atoms with Crippen LogP contribution in [-0.4, -0.2) is 42.6 Å². The second-order valence-corrected chi connectivity index (χ2v) is 5.27. The van der Waals surface area contributed by atoms with E-state index in [1.54, 1.807) is 23.1 Å². The predicted molar refractivity (Wildman–Crippen MR) is 75.0 cm³/mol. The highest BCUT2D eigenvalue weighted by molar-refractivity contribution is 5.79. The third kappa shape index (κ3) is 3.96. The van der Waals surface area contributed by atoms with Crippen LogP contribution in [0.5, 0.6) is 5.75 Å². The van der Waals surface area contributed by atoms with Crippen molar-refractivity contribution in [1.29, 1.82) is 0 Å². The molecule has 1 aliphatic heterocycles. The molecule has 4 heteroatoms. The van der Waals surface area contributed by atoms with Crippen molar-refractivity contribution < 1.29 is 9.90 Å². The van der Waals surface area contributed by atoms with E-state index in [1.807, 2.05) is 13.1 Å². The van der Waals surface area contributed by atoms with E-state index in [1.165, 1.54) is 0 Å². The molecule has 1 aliphatic rings. The fourth-order valence-electron chi connectivity index (χ4n) is 2.51. The zero-order valence-corrected chi connectivity index (χ0v) is 11.4. The first kappa shape index (κ1) is 13.9. The molecule has 1 amide bonds. The van der Waals surface area contributed by atoms with Crippen molar-refractivity contribution in [3.8, 4) is 5.75 Å². The van der Waals surface area contributed by atoms with Crippen molar-refractivity contribution >= 4 is 5.91 Å². The van der Waals surface area contributed by atoms with Gasteiger partial charge in [-0.1, -0.05) is 18.2 Å². The number of phenolic OH excluding ortho intramolecular Hbond substituents is 1. The Morgan fingerprint density at radius 3 is 2.74 bits per heavy atom. The standard InChI is InChI=1S/C15H22N2O2/c1-17(11-12-6-8-16-9-7-12)15(19)10-13-4-2-3-5-14(13)18/h2-5,12,16,18H,6-11H2,1H3. The summed E-state index contributed by atoms with van der Waals surface area (Å²) in [5.74, 6) is 0.866. The molecule has 2 N–H and O–H groups in total. The van der Waals surface area contributed by atoms with E-state index in [-0.39, 0.29) is 18.1 Å². The normalized spacial score (nSPS) is 16.3. The molecule has 0 aromatic heterocycles. The molecule has 1 fully saturated rings. The summed E-state index contributed by atoms with van der Waals surface area (Å²) in [6, 6.07) is 7.03. The van der Waals surface area contributed by atoms with Gasteiger partial charge >= 0.3 is 0 Å². The number of rotatable bonds is 4. The van der Waals surface area contributed by atoms with Gasteiger partial charge in [0.05, 0.1) is 6.42 Å². The Morgan fingerprint density at radius 2 is 2.05 bits per heavy atom. The molecule has 2 rings (SSSR count). The molecule has 0 unspecified atom stereocenters. The number of hydrogen-bond acceptors (Lipinski definition) is 3. The van der Waals surface area contributed by atoms with Crippen LogP contribution in [0.2, 0.25) is 0 Å². The lowest BCUT2D eigenvalue weighted by Crippen LogP contribution is -2.37. The number of carbonyl (C=O) groups excluding carboxylic acids is 1. The van der Waals surface area contributed by atoms with Crippen molar-refractivity contribution in [2.45, 2.75) is 19.3 Å². The van der Waals surface area contributed by atoms with Crippen molar-refractivity contribution in [3.05, 3.63) is 29.8 Å². The molecule has 0 aliphatic carbocycles. The molecule has 1 saturated heterocycles. The Morgan fingerprint density at radius 1 is 1.37 bits per heavy atom. The third-order valence-corrected chi connectivity index (χ3v) is 3.75. The van der Waals surface area contributed by atoms with Crippen LogP contribution in [0.25, 0.3) is 0 Å². The highest BCUT2D eigenvalue weighted by Crippen LogP contribution is 2.18. The van der Waals surface area contributed by atoms with Crippen LogP contribution in [0.15, 0.2) is 24.3 Å². The van der Waals surface area contributed by atoms with Gasteiger partial charge in [-0.05, 0) is 37.9 Å². The molecule has 0 bridgehead atoms. The summed E-state index contributed by atoms with van der Waals surface area (Å²) >= 11 is 0. The number of benzene rings is 1. The maximum atomic E-state index is 12.1. The number of nitrogens with one attached hydrogen (secondary N) is 1. The van der Waals surface area contributed by atoms with E-state index >= 15 is 0 Å². The average Bonchev–Trinajstić information content (AvgIpc) is 2.42. The van der Waals surface area contributed by atoms with E-state index in [4.69, 9.17) is 0 Å². The monoisotopic (exact) mass is 262 g/mol. The summed E-state index contributed by atoms with van der Waals surface area (Å²) < 4.78 is 0. The minimum absolute atomic E-state index is 0.0695. The second-order valence-electron chi connectivity index (χ2n) is 5.27. The highest BCUT2D eigenvalue weighted by atomic mass is 16.3. The van der Waals surface area contributed by atoms with Crippen LogP contribution in [0, 0.1) is 5.92 Å². The summed E-state index contributed by atoms with van der Waals surface area (Å²) in [5.41, 5.74) is 0.699. The molecule has 0 saturated carbocycles. The lowest BCUT2D eigenvalue weighted by Gasteiger charge is -2.27. The summed E-state index contributed by atoms with van der Waals surface area (Å²) in [7, 11) is 1.85. The number of likely N-dealkylation sites (N-methyl/N-ethyl adjacent to an activating group) is 1. The Bertz CT molecular complexity index is 428. The van der Waals surface area contributed by atoms with Crippen LogP contribution < -0.4 is 5.32 Å². The molecule has 0 atom stereocenters. The predicted octanol–water partition coefficient (Wildman–Crippen LogP) is 1.39. The van der Waals surface area contributed by atoms with Crippen molar-refractivity contribution in [1.82, 2.24) is 10.2 Å². The first-order valence-electron chi connectivity index (χ1n) is 6.88. The number of aromatic hydroxyl groups is 1. The SMILES string of the molecule is CN(CC1CCNCC1)C(=O)Cc1ccccc1O. The molecule has 19 heavy (non-hydrogen) atoms. The highest BCUT2D eigenvalue weighted by Gasteiger charge is 2.18. The molecule has 1 heterocycles. The number of nitrogens with zero attached hydrogens (tertiary/aromatic N) is 1. The van der Waals surface area contributed by atoms with Crippen molar-refractivity contribution in [3.63, 3.8) is 0 Å². The number of para-hydroxylation sites is 1. The smallest absolute Gasteiger partial charge is 0.226 e. The maximum Gasteiger partial charge on any atom is 0.226 e. The lowest BCUT2D eigenvalue weighted by atomic mass is 9.97. The summed E-state index contributed by atoms with van der Waals surface area (Å²) in [6.45, 7) is 2.91. The maximum absolute atomic E-state index is 12.1. The quantitative estimate of drug-likeness (QED) is 0.862. The first-order chi connectivity index (χ1) is 9.16. The van der Waals surface area contributed by atoms with Gasteiger partial charge in [-0.3, -0.25) is 4.79 Å². The van der Waals surface area contributed by atoms with Crippen molar-refractivity contribution in [2.24, 2.45) is 5.92 Å². The average molecular weight is 262 g/mol. The van der Waals surface area contributed by atoms with Gasteiger partial charge in [-0.25, -0.2) is 0 Å². The van der Waals surface area contributed by atoms with Gasteiger partial charge in [0.15, 0.2) is 0 Å². The van der Waals surface area contributed by atoms with Gasteiger partial charge in [-0.2, -0.15) is 0 Å². The van der Waals surface area contributed by atoms with E-state index in [0.717, 1.165) is 32.5 Å². The minimum Gasteiger partial charge on any atom is -0.508 e. The van der Waals surface area contributed by atoms with Crippen LogP contribution in [0.4, 0.5) is 0 Å². The van der Waals surface area contributed by atoms with Gasteiger partial charge in [0.1, 0.15) is 5.75 Å². The van der Waals surface area contributed by atoms with E-state index in [2.05, 4.69) is 5.32 Å². The summed E-state index contributed by atoms with van der Waals surface area (Å²) in [6.07, 6.45) is 2.54. The molecular formula is C15H22N2O2. The molecule has 1 aromatic rings. The zero-order valence-electron chi connectivity index (χ0n) is 11.4. The summed E-state index contributed by atoms with van der Waals surface area (Å²) in [4.78, 5) is 13.9. The van der Waals surface area contributed by atoms with Crippen LogP contribution in [0.3, 0.4) is 0 Å². The number of carbonyl (C=O) groups is 1. The van der Waals surface area contributed by atoms with Crippen LogP contribution in [-0.2, 0) is 11.2 Å². The minimum atomic E-state index is 0.0695. The van der Waals surface area contributed by atoms with Gasteiger partial charge in [0.2, 0.25) is 5.91 Å². The zero-order chi connectivity index (χ0) is 13.7. The van der Waals surface area contributed by atoms with Gasteiger partial charge < -0.3 is 15.3 Å². The topological polar surface area (TPSA) is 52.6 Å². The molecular weight excluding hydrogens is 240 g/mol. The van der Waals surface area contributed by atoms with Crippen molar-refractivity contribution in [2.75, 3.05) is 26.7 Å². The number of amides is 1. The number of phenols is 1. The van der Waals surface area contributed by atoms with Gasteiger partial charge in [0, 0.05) is 19.2 Å². The largest absolute Gasteiger partial charge is 0.508 e. The molecule has 0 radical (unpaired) electrons.